The summed E-state index contributed by atoms with van der Waals surface area (Å²) in [6, 6.07) is 7.84. The first-order valence-electron chi connectivity index (χ1n) is 8.53. The van der Waals surface area contributed by atoms with Crippen LogP contribution in [0.5, 0.6) is 0 Å². The van der Waals surface area contributed by atoms with E-state index in [1.54, 1.807) is 4.90 Å². The first-order valence-corrected chi connectivity index (χ1v) is 8.53. The average Bonchev–Trinajstić information content (AvgIpc) is 2.97. The van der Waals surface area contributed by atoms with Gasteiger partial charge in [-0.15, -0.1) is 0 Å². The highest BCUT2D eigenvalue weighted by Gasteiger charge is 2.37. The van der Waals surface area contributed by atoms with Gasteiger partial charge in [0.2, 0.25) is 11.8 Å². The molecule has 1 heterocycles. The molecule has 5 heteroatoms. The molecule has 2 N–H and O–H groups in total. The molecule has 2 aliphatic rings. The van der Waals surface area contributed by atoms with E-state index in [-0.39, 0.29) is 24.3 Å². The van der Waals surface area contributed by atoms with E-state index in [0.717, 1.165) is 30.4 Å². The van der Waals surface area contributed by atoms with Crippen LogP contribution in [0.25, 0.3) is 0 Å². The van der Waals surface area contributed by atoms with Gasteiger partial charge >= 0.3 is 0 Å². The van der Waals surface area contributed by atoms with Crippen LogP contribution in [0, 0.1) is 5.92 Å². The minimum atomic E-state index is -0.989. The van der Waals surface area contributed by atoms with Crippen molar-refractivity contribution >= 4 is 11.8 Å². The van der Waals surface area contributed by atoms with Crippen molar-refractivity contribution in [3.8, 4) is 0 Å². The number of aliphatic hydroxyl groups is 1. The van der Waals surface area contributed by atoms with E-state index >= 15 is 0 Å². The first kappa shape index (κ1) is 16.7. The van der Waals surface area contributed by atoms with Gasteiger partial charge < -0.3 is 15.3 Å². The third-order valence-corrected chi connectivity index (χ3v) is 5.16. The van der Waals surface area contributed by atoms with Crippen molar-refractivity contribution in [3.63, 3.8) is 0 Å². The Bertz CT molecular complexity index is 658. The molecule has 128 valence electrons. The Hall–Kier alpha value is -2.14. The van der Waals surface area contributed by atoms with Gasteiger partial charge in [0.05, 0.1) is 12.5 Å². The Labute approximate surface area is 142 Å². The molecule has 1 aromatic rings. The first-order chi connectivity index (χ1) is 11.5. The van der Waals surface area contributed by atoms with Crippen molar-refractivity contribution in [1.82, 2.24) is 10.2 Å². The summed E-state index contributed by atoms with van der Waals surface area (Å²) in [4.78, 5) is 25.9. The molecule has 2 unspecified atom stereocenters. The number of likely N-dealkylation sites (tertiary alicyclic amines) is 1. The van der Waals surface area contributed by atoms with E-state index < -0.39 is 5.60 Å². The van der Waals surface area contributed by atoms with E-state index in [1.807, 2.05) is 24.3 Å². The predicted molar refractivity (Wildman–Crippen MR) is 91.2 cm³/mol. The van der Waals surface area contributed by atoms with Crippen LogP contribution in [0.2, 0.25) is 0 Å². The minimum absolute atomic E-state index is 0.0885. The number of aryl methyl sites for hydroxylation is 1. The number of nitrogens with one attached hydrogen (secondary N) is 1. The zero-order valence-electron chi connectivity index (χ0n) is 13.8. The predicted octanol–water partition coefficient (Wildman–Crippen LogP) is 1.36. The van der Waals surface area contributed by atoms with Crippen LogP contribution < -0.4 is 5.32 Å². The van der Waals surface area contributed by atoms with E-state index in [4.69, 9.17) is 0 Å². The number of benzene rings is 1. The molecule has 1 aromatic carbocycles. The van der Waals surface area contributed by atoms with Gasteiger partial charge in [-0.2, -0.15) is 0 Å². The lowest BCUT2D eigenvalue weighted by molar-refractivity contribution is -0.132. The maximum absolute atomic E-state index is 12.5. The molecule has 2 amide bonds. The molecule has 3 rings (SSSR count). The number of carbonyl (C=O) groups is 2. The minimum Gasteiger partial charge on any atom is -0.383 e. The van der Waals surface area contributed by atoms with Crippen LogP contribution in [0.3, 0.4) is 0 Å². The second kappa shape index (κ2) is 6.77. The number of piperidine rings is 1. The molecule has 0 aromatic heterocycles. The summed E-state index contributed by atoms with van der Waals surface area (Å²) in [5.41, 5.74) is 1.07. The Kier molecular flexibility index (Phi) is 4.71. The van der Waals surface area contributed by atoms with Crippen molar-refractivity contribution in [2.75, 3.05) is 19.6 Å². The van der Waals surface area contributed by atoms with Crippen LogP contribution in [-0.2, 0) is 21.6 Å². The number of rotatable bonds is 4. The lowest BCUT2D eigenvalue weighted by Crippen LogP contribution is -2.47. The third kappa shape index (κ3) is 3.22. The number of hydrogen-bond acceptors (Lipinski definition) is 3. The van der Waals surface area contributed by atoms with Crippen molar-refractivity contribution in [3.05, 3.63) is 48.0 Å². The van der Waals surface area contributed by atoms with Crippen LogP contribution in [0.1, 0.15) is 30.4 Å². The molecule has 1 aliphatic heterocycles. The molecule has 0 bridgehead atoms. The third-order valence-electron chi connectivity index (χ3n) is 5.16. The summed E-state index contributed by atoms with van der Waals surface area (Å²) in [5.74, 6) is -0.437. The van der Waals surface area contributed by atoms with Gasteiger partial charge in [0, 0.05) is 13.1 Å². The molecule has 2 atom stereocenters. The lowest BCUT2D eigenvalue weighted by atomic mass is 9.94. The summed E-state index contributed by atoms with van der Waals surface area (Å²) >= 11 is 0. The molecule has 24 heavy (non-hydrogen) atoms. The van der Waals surface area contributed by atoms with Gasteiger partial charge in [-0.25, -0.2) is 0 Å². The van der Waals surface area contributed by atoms with Crippen LogP contribution in [-0.4, -0.2) is 41.5 Å². The van der Waals surface area contributed by atoms with Gasteiger partial charge in [0.25, 0.3) is 0 Å². The monoisotopic (exact) mass is 328 g/mol. The number of amides is 2. The topological polar surface area (TPSA) is 69.6 Å². The molecule has 0 saturated carbocycles. The molecule has 1 fully saturated rings. The summed E-state index contributed by atoms with van der Waals surface area (Å²) in [7, 11) is 0. The highest BCUT2D eigenvalue weighted by molar-refractivity contribution is 5.88. The summed E-state index contributed by atoms with van der Waals surface area (Å²) in [6.45, 7) is 4.81. The van der Waals surface area contributed by atoms with E-state index in [9.17, 15) is 14.7 Å². The highest BCUT2D eigenvalue weighted by atomic mass is 16.3. The van der Waals surface area contributed by atoms with Gasteiger partial charge in [0.15, 0.2) is 0 Å². The molecule has 0 spiro atoms. The molecular weight excluding hydrogens is 304 g/mol. The SMILES string of the molecule is C=CC(=O)N1CCCC(C(=O)NCC2(O)CCc3ccccc32)C1. The van der Waals surface area contributed by atoms with E-state index in [2.05, 4.69) is 11.9 Å². The molecule has 1 aliphatic carbocycles. The smallest absolute Gasteiger partial charge is 0.245 e. The Morgan fingerprint density at radius 3 is 3.00 bits per heavy atom. The number of hydrogen-bond donors (Lipinski definition) is 2. The Morgan fingerprint density at radius 2 is 2.21 bits per heavy atom. The fourth-order valence-corrected chi connectivity index (χ4v) is 3.75. The summed E-state index contributed by atoms with van der Waals surface area (Å²) in [5, 5.41) is 13.8. The fraction of sp³-hybridized carbons (Fsp3) is 0.474. The maximum atomic E-state index is 12.5. The maximum Gasteiger partial charge on any atom is 0.245 e. The second-order valence-electron chi connectivity index (χ2n) is 6.73. The van der Waals surface area contributed by atoms with Gasteiger partial charge in [0.1, 0.15) is 5.60 Å². The van der Waals surface area contributed by atoms with E-state index in [1.165, 1.54) is 6.08 Å². The van der Waals surface area contributed by atoms with Gasteiger partial charge in [-0.1, -0.05) is 30.8 Å². The average molecular weight is 328 g/mol. The molecular formula is C19H24N2O3. The Morgan fingerprint density at radius 1 is 1.42 bits per heavy atom. The van der Waals surface area contributed by atoms with Crippen molar-refractivity contribution in [2.45, 2.75) is 31.3 Å². The Balaban J connectivity index is 1.60. The molecule has 0 radical (unpaired) electrons. The molecule has 5 nitrogen and oxygen atoms in total. The second-order valence-corrected chi connectivity index (χ2v) is 6.73. The zero-order chi connectivity index (χ0) is 17.2. The van der Waals surface area contributed by atoms with Crippen LogP contribution in [0.15, 0.2) is 36.9 Å². The highest BCUT2D eigenvalue weighted by Crippen LogP contribution is 2.36. The van der Waals surface area contributed by atoms with Crippen molar-refractivity contribution in [2.24, 2.45) is 5.92 Å². The standard InChI is InChI=1S/C19H24N2O3/c1-2-17(22)21-11-5-7-15(12-21)18(23)20-13-19(24)10-9-14-6-3-4-8-16(14)19/h2-4,6,8,15,24H,1,5,7,9-13H2,(H,20,23). The van der Waals surface area contributed by atoms with Gasteiger partial charge in [-0.3, -0.25) is 9.59 Å². The van der Waals surface area contributed by atoms with Crippen LogP contribution in [0.4, 0.5) is 0 Å². The zero-order valence-corrected chi connectivity index (χ0v) is 13.8. The summed E-state index contributed by atoms with van der Waals surface area (Å²) in [6.07, 6.45) is 4.32. The van der Waals surface area contributed by atoms with Gasteiger partial charge in [-0.05, 0) is 42.9 Å². The number of fused-ring (bicyclic) bond motifs is 1. The summed E-state index contributed by atoms with van der Waals surface area (Å²) < 4.78 is 0. The number of carbonyl (C=O) groups excluding carboxylic acids is 2. The quantitative estimate of drug-likeness (QED) is 0.820. The van der Waals surface area contributed by atoms with Crippen molar-refractivity contribution < 1.29 is 14.7 Å². The van der Waals surface area contributed by atoms with E-state index in [0.29, 0.717) is 19.5 Å². The largest absolute Gasteiger partial charge is 0.383 e. The number of nitrogens with zero attached hydrogens (tertiary/aromatic N) is 1. The normalized spacial score (nSPS) is 25.9. The molecule has 1 saturated heterocycles. The van der Waals surface area contributed by atoms with Crippen LogP contribution >= 0.6 is 0 Å². The fourth-order valence-electron chi connectivity index (χ4n) is 3.75. The lowest BCUT2D eigenvalue weighted by Gasteiger charge is -2.32. The van der Waals surface area contributed by atoms with Crippen molar-refractivity contribution in [1.29, 1.82) is 0 Å².